The molecule has 10 atom stereocenters. The van der Waals surface area contributed by atoms with Crippen LogP contribution in [0.4, 0.5) is 0 Å². The van der Waals surface area contributed by atoms with E-state index in [2.05, 4.69) is 0 Å². The van der Waals surface area contributed by atoms with Crippen LogP contribution >= 0.6 is 0 Å². The van der Waals surface area contributed by atoms with Gasteiger partial charge >= 0.3 is 5.97 Å². The van der Waals surface area contributed by atoms with Gasteiger partial charge in [0.2, 0.25) is 6.29 Å². The van der Waals surface area contributed by atoms with E-state index in [9.17, 15) is 35.4 Å². The molecule has 0 aromatic heterocycles. The van der Waals surface area contributed by atoms with Crippen LogP contribution in [0.25, 0.3) is 0 Å². The number of aromatic carboxylic acids is 1. The van der Waals surface area contributed by atoms with Gasteiger partial charge in [0.1, 0.15) is 42.7 Å². The summed E-state index contributed by atoms with van der Waals surface area (Å²) in [5.74, 6) is -1.09. The maximum atomic E-state index is 11.2. The molecular weight excluding hydrogens is 448 g/mol. The van der Waals surface area contributed by atoms with Gasteiger partial charge in [0, 0.05) is 0 Å². The number of hydrogen-bond donors (Lipinski definition) is 7. The average Bonchev–Trinajstić information content (AvgIpc) is 2.80. The van der Waals surface area contributed by atoms with Gasteiger partial charge in [-0.2, -0.15) is 0 Å². The van der Waals surface area contributed by atoms with Crippen molar-refractivity contribution in [2.75, 3.05) is 13.7 Å². The first kappa shape index (κ1) is 25.6. The van der Waals surface area contributed by atoms with Gasteiger partial charge in [0.25, 0.3) is 0 Å². The van der Waals surface area contributed by atoms with Crippen LogP contribution in [0.15, 0.2) is 18.2 Å². The van der Waals surface area contributed by atoms with E-state index < -0.39 is 74.0 Å². The van der Waals surface area contributed by atoms with E-state index in [1.54, 1.807) is 0 Å². The summed E-state index contributed by atoms with van der Waals surface area (Å²) in [6, 6.07) is 3.78. The molecule has 13 nitrogen and oxygen atoms in total. The molecule has 0 saturated carbocycles. The summed E-state index contributed by atoms with van der Waals surface area (Å²) in [7, 11) is 1.30. The van der Waals surface area contributed by atoms with Gasteiger partial charge in [-0.1, -0.05) is 0 Å². The zero-order chi connectivity index (χ0) is 24.4. The van der Waals surface area contributed by atoms with Crippen LogP contribution in [0.2, 0.25) is 0 Å². The third-order valence-corrected chi connectivity index (χ3v) is 5.58. The lowest BCUT2D eigenvalue weighted by molar-refractivity contribution is -0.350. The fraction of sp³-hybridized carbons (Fsp3) is 0.650. The van der Waals surface area contributed by atoms with Crippen LogP contribution in [0, 0.1) is 0 Å². The summed E-state index contributed by atoms with van der Waals surface area (Å²) >= 11 is 0. The molecule has 2 aliphatic heterocycles. The minimum absolute atomic E-state index is 0.0433. The third-order valence-electron chi connectivity index (χ3n) is 5.58. The number of methoxy groups -OCH3 is 1. The summed E-state index contributed by atoms with van der Waals surface area (Å²) in [4.78, 5) is 11.2. The van der Waals surface area contributed by atoms with Crippen LogP contribution in [-0.2, 0) is 14.2 Å². The summed E-state index contributed by atoms with van der Waals surface area (Å²) in [5, 5.41) is 69.8. The van der Waals surface area contributed by atoms with E-state index in [4.69, 9.17) is 28.8 Å². The summed E-state index contributed by atoms with van der Waals surface area (Å²) in [6.45, 7) is 0.791. The number of carbonyl (C=O) groups is 1. The molecular formula is C20H28O13. The molecule has 2 fully saturated rings. The van der Waals surface area contributed by atoms with E-state index in [1.165, 1.54) is 32.2 Å². The van der Waals surface area contributed by atoms with Crippen LogP contribution < -0.4 is 9.47 Å². The lowest BCUT2D eigenvalue weighted by Gasteiger charge is -2.45. The lowest BCUT2D eigenvalue weighted by atomic mass is 9.97. The normalized spacial score (nSPS) is 39.2. The van der Waals surface area contributed by atoms with Crippen molar-refractivity contribution in [1.29, 1.82) is 0 Å². The van der Waals surface area contributed by atoms with Crippen molar-refractivity contribution in [3.05, 3.63) is 23.8 Å². The number of aliphatic hydroxyl groups excluding tert-OH is 6. The predicted molar refractivity (Wildman–Crippen MR) is 106 cm³/mol. The molecule has 13 heteroatoms. The van der Waals surface area contributed by atoms with Gasteiger partial charge in [-0.15, -0.1) is 0 Å². The Balaban J connectivity index is 1.78. The Bertz CT molecular complexity index is 817. The van der Waals surface area contributed by atoms with Gasteiger partial charge < -0.3 is 59.4 Å². The SMILES string of the molecule is COc1cc(C(=O)O)ccc1O[C@@H]1O[C@@H](C)[C@H](O)[C@@H](O[C@@H]2O[C@H](CO)[C@@H](O)[C@H](O)[C@H]2O)[C@H]1O. The van der Waals surface area contributed by atoms with Crippen molar-refractivity contribution >= 4 is 5.97 Å². The lowest BCUT2D eigenvalue weighted by Crippen LogP contribution is -2.64. The zero-order valence-electron chi connectivity index (χ0n) is 17.8. The molecule has 2 saturated heterocycles. The largest absolute Gasteiger partial charge is 0.493 e. The molecule has 2 heterocycles. The first-order valence-corrected chi connectivity index (χ1v) is 10.1. The van der Waals surface area contributed by atoms with Gasteiger partial charge in [-0.3, -0.25) is 0 Å². The Kier molecular flexibility index (Phi) is 8.10. The molecule has 0 amide bonds. The molecule has 0 spiro atoms. The monoisotopic (exact) mass is 476 g/mol. The second kappa shape index (κ2) is 10.5. The van der Waals surface area contributed by atoms with Crippen LogP contribution in [0.3, 0.4) is 0 Å². The summed E-state index contributed by atoms with van der Waals surface area (Å²) in [6.07, 6.45) is -14.8. The molecule has 186 valence electrons. The van der Waals surface area contributed by atoms with Crippen molar-refractivity contribution in [3.8, 4) is 11.5 Å². The number of benzene rings is 1. The molecule has 0 bridgehead atoms. The Morgan fingerprint density at radius 3 is 2.24 bits per heavy atom. The standard InChI is InChI=1S/C20H28O13/c1-7-12(22)17(33-19-15(25)14(24)13(23)11(6-21)32-19)16(26)20(30-7)31-9-4-3-8(18(27)28)5-10(9)29-2/h3-5,7,11-17,19-26H,6H2,1-2H3,(H,27,28)/t7-,11+,12-,13+,14-,15+,16+,17+,19-,20-/m0/s1. The van der Waals surface area contributed by atoms with E-state index in [-0.39, 0.29) is 17.1 Å². The number of hydrogen-bond acceptors (Lipinski definition) is 12. The first-order chi connectivity index (χ1) is 15.6. The molecule has 1 aromatic rings. The van der Waals surface area contributed by atoms with Crippen molar-refractivity contribution in [2.24, 2.45) is 0 Å². The molecule has 1 aromatic carbocycles. The van der Waals surface area contributed by atoms with Crippen LogP contribution in [0.5, 0.6) is 11.5 Å². The highest BCUT2D eigenvalue weighted by Gasteiger charge is 2.50. The number of carboxylic acid groups (broad SMARTS) is 1. The highest BCUT2D eigenvalue weighted by molar-refractivity contribution is 5.88. The maximum absolute atomic E-state index is 11.2. The molecule has 33 heavy (non-hydrogen) atoms. The smallest absolute Gasteiger partial charge is 0.335 e. The predicted octanol–water partition coefficient (Wildman–Crippen LogP) is -2.58. The third kappa shape index (κ3) is 5.21. The second-order valence-electron chi connectivity index (χ2n) is 7.78. The minimum Gasteiger partial charge on any atom is -0.493 e. The molecule has 0 aliphatic carbocycles. The fourth-order valence-electron chi connectivity index (χ4n) is 3.61. The first-order valence-electron chi connectivity index (χ1n) is 10.1. The van der Waals surface area contributed by atoms with Crippen molar-refractivity contribution in [3.63, 3.8) is 0 Å². The van der Waals surface area contributed by atoms with Crippen LogP contribution in [0.1, 0.15) is 17.3 Å². The number of carboxylic acids is 1. The molecule has 2 aliphatic rings. The van der Waals surface area contributed by atoms with Gasteiger partial charge in [0.05, 0.1) is 25.4 Å². The average molecular weight is 476 g/mol. The van der Waals surface area contributed by atoms with E-state index in [0.717, 1.165) is 0 Å². The number of ether oxygens (including phenoxy) is 5. The van der Waals surface area contributed by atoms with E-state index in [0.29, 0.717) is 0 Å². The Hall–Kier alpha value is -2.07. The number of rotatable bonds is 7. The molecule has 3 rings (SSSR count). The Labute approximate surface area is 188 Å². The quantitative estimate of drug-likeness (QED) is 0.216. The second-order valence-corrected chi connectivity index (χ2v) is 7.78. The zero-order valence-corrected chi connectivity index (χ0v) is 17.8. The van der Waals surface area contributed by atoms with Gasteiger partial charge in [-0.05, 0) is 25.1 Å². The fourth-order valence-corrected chi connectivity index (χ4v) is 3.61. The minimum atomic E-state index is -1.75. The molecule has 0 radical (unpaired) electrons. The van der Waals surface area contributed by atoms with E-state index >= 15 is 0 Å². The van der Waals surface area contributed by atoms with Gasteiger partial charge in [0.15, 0.2) is 17.8 Å². The van der Waals surface area contributed by atoms with Crippen LogP contribution in [-0.4, -0.2) is 117 Å². The Morgan fingerprint density at radius 2 is 1.64 bits per heavy atom. The molecule has 7 N–H and O–H groups in total. The topological polar surface area (TPSA) is 205 Å². The summed E-state index contributed by atoms with van der Waals surface area (Å²) < 4.78 is 27.1. The highest BCUT2D eigenvalue weighted by Crippen LogP contribution is 2.34. The van der Waals surface area contributed by atoms with E-state index in [1.807, 2.05) is 0 Å². The highest BCUT2D eigenvalue weighted by atomic mass is 16.7. The number of aliphatic hydroxyl groups is 6. The van der Waals surface area contributed by atoms with Crippen molar-refractivity contribution < 1.29 is 64.2 Å². The maximum Gasteiger partial charge on any atom is 0.335 e. The van der Waals surface area contributed by atoms with Crippen molar-refractivity contribution in [2.45, 2.75) is 68.3 Å². The molecule has 0 unspecified atom stereocenters. The van der Waals surface area contributed by atoms with Crippen molar-refractivity contribution in [1.82, 2.24) is 0 Å². The summed E-state index contributed by atoms with van der Waals surface area (Å²) in [5.41, 5.74) is -0.0584. The Morgan fingerprint density at radius 1 is 0.939 bits per heavy atom. The van der Waals surface area contributed by atoms with Gasteiger partial charge in [-0.25, -0.2) is 4.79 Å².